The molecule has 1 fully saturated rings. The van der Waals surface area contributed by atoms with Gasteiger partial charge in [-0.25, -0.2) is 4.99 Å². The van der Waals surface area contributed by atoms with Crippen LogP contribution in [-0.4, -0.2) is 29.5 Å². The Morgan fingerprint density at radius 1 is 1.13 bits per heavy atom. The molecule has 0 unspecified atom stereocenters. The molecule has 0 saturated carbocycles. The third-order valence-electron chi connectivity index (χ3n) is 3.03. The average molecular weight is 199 g/mol. The highest BCUT2D eigenvalue weighted by Gasteiger charge is 2.26. The molecule has 2 aliphatic heterocycles. The van der Waals surface area contributed by atoms with Crippen molar-refractivity contribution in [1.82, 2.24) is 4.90 Å². The molecule has 0 aliphatic carbocycles. The van der Waals surface area contributed by atoms with Gasteiger partial charge in [-0.2, -0.15) is 0 Å². The molecule has 76 valence electrons. The quantitative estimate of drug-likeness (QED) is 0.683. The Labute approximate surface area is 88.9 Å². The predicted octanol–water partition coefficient (Wildman–Crippen LogP) is 2.19. The second-order valence-electron chi connectivity index (χ2n) is 4.02. The van der Waals surface area contributed by atoms with Gasteiger partial charge in [-0.1, -0.05) is 18.2 Å². The van der Waals surface area contributed by atoms with Gasteiger partial charge in [0.05, 0.1) is 5.69 Å². The lowest BCUT2D eigenvalue weighted by molar-refractivity contribution is 0.527. The molecule has 3 rings (SSSR count). The van der Waals surface area contributed by atoms with Crippen LogP contribution in [0.3, 0.4) is 0 Å². The molecule has 0 bridgehead atoms. The SMILES string of the molecule is N=C1C(N2CCCC2)=Nc2ccccc21. The summed E-state index contributed by atoms with van der Waals surface area (Å²) < 4.78 is 0. The molecule has 1 aromatic rings. The molecule has 1 N–H and O–H groups in total. The molecule has 1 saturated heterocycles. The van der Waals surface area contributed by atoms with E-state index in [2.05, 4.69) is 9.89 Å². The molecule has 0 amide bonds. The number of benzene rings is 1. The molecular weight excluding hydrogens is 186 g/mol. The van der Waals surface area contributed by atoms with Crippen molar-refractivity contribution in [3.63, 3.8) is 0 Å². The molecule has 0 spiro atoms. The molecule has 3 nitrogen and oxygen atoms in total. The average Bonchev–Trinajstić information content (AvgIpc) is 2.87. The van der Waals surface area contributed by atoms with Crippen LogP contribution in [0.2, 0.25) is 0 Å². The van der Waals surface area contributed by atoms with Crippen LogP contribution in [-0.2, 0) is 0 Å². The summed E-state index contributed by atoms with van der Waals surface area (Å²) in [6.07, 6.45) is 2.45. The number of fused-ring (bicyclic) bond motifs is 1. The monoisotopic (exact) mass is 199 g/mol. The third-order valence-corrected chi connectivity index (χ3v) is 3.03. The summed E-state index contributed by atoms with van der Waals surface area (Å²) in [5.74, 6) is 0.869. The molecule has 0 radical (unpaired) electrons. The van der Waals surface area contributed by atoms with E-state index in [1.165, 1.54) is 12.8 Å². The van der Waals surface area contributed by atoms with Crippen LogP contribution in [0.5, 0.6) is 0 Å². The summed E-state index contributed by atoms with van der Waals surface area (Å²) in [7, 11) is 0. The van der Waals surface area contributed by atoms with Crippen LogP contribution < -0.4 is 0 Å². The summed E-state index contributed by atoms with van der Waals surface area (Å²) in [4.78, 5) is 6.76. The highest BCUT2D eigenvalue weighted by molar-refractivity contribution is 6.50. The van der Waals surface area contributed by atoms with Crippen molar-refractivity contribution < 1.29 is 0 Å². The van der Waals surface area contributed by atoms with Gasteiger partial charge in [0, 0.05) is 18.7 Å². The Morgan fingerprint density at radius 2 is 1.87 bits per heavy atom. The second-order valence-corrected chi connectivity index (χ2v) is 4.02. The lowest BCUT2D eigenvalue weighted by Gasteiger charge is -2.16. The van der Waals surface area contributed by atoms with Gasteiger partial charge in [-0.15, -0.1) is 0 Å². The fraction of sp³-hybridized carbons (Fsp3) is 0.333. The van der Waals surface area contributed by atoms with E-state index in [0.717, 1.165) is 30.2 Å². The van der Waals surface area contributed by atoms with E-state index in [1.807, 2.05) is 24.3 Å². The lowest BCUT2D eigenvalue weighted by atomic mass is 10.1. The number of amidine groups is 1. The van der Waals surface area contributed by atoms with Gasteiger partial charge in [0.2, 0.25) is 0 Å². The fourth-order valence-electron chi connectivity index (χ4n) is 2.23. The van der Waals surface area contributed by atoms with Crippen molar-refractivity contribution in [3.8, 4) is 0 Å². The summed E-state index contributed by atoms with van der Waals surface area (Å²) in [6, 6.07) is 7.90. The smallest absolute Gasteiger partial charge is 0.155 e. The molecule has 1 aromatic carbocycles. The zero-order chi connectivity index (χ0) is 10.3. The zero-order valence-electron chi connectivity index (χ0n) is 8.53. The van der Waals surface area contributed by atoms with Crippen molar-refractivity contribution in [3.05, 3.63) is 29.8 Å². The summed E-state index contributed by atoms with van der Waals surface area (Å²) >= 11 is 0. The highest BCUT2D eigenvalue weighted by Crippen LogP contribution is 2.28. The summed E-state index contributed by atoms with van der Waals surface area (Å²) in [6.45, 7) is 2.10. The molecule has 0 atom stereocenters. The predicted molar refractivity (Wildman–Crippen MR) is 61.2 cm³/mol. The number of likely N-dealkylation sites (tertiary alicyclic amines) is 1. The number of hydrogen-bond acceptors (Lipinski definition) is 3. The maximum absolute atomic E-state index is 8.08. The maximum atomic E-state index is 8.08. The first-order valence-corrected chi connectivity index (χ1v) is 5.38. The number of nitrogens with zero attached hydrogens (tertiary/aromatic N) is 2. The minimum Gasteiger partial charge on any atom is -0.355 e. The van der Waals surface area contributed by atoms with Crippen LogP contribution in [0, 0.1) is 5.41 Å². The topological polar surface area (TPSA) is 39.5 Å². The van der Waals surface area contributed by atoms with Gasteiger partial charge in [-0.3, -0.25) is 5.41 Å². The number of rotatable bonds is 0. The van der Waals surface area contributed by atoms with Gasteiger partial charge in [0.25, 0.3) is 0 Å². The van der Waals surface area contributed by atoms with Crippen molar-refractivity contribution in [2.24, 2.45) is 4.99 Å². The largest absolute Gasteiger partial charge is 0.355 e. The first-order valence-electron chi connectivity index (χ1n) is 5.38. The van der Waals surface area contributed by atoms with Crippen molar-refractivity contribution >= 4 is 17.2 Å². The lowest BCUT2D eigenvalue weighted by Crippen LogP contribution is -2.32. The van der Waals surface area contributed by atoms with E-state index in [-0.39, 0.29) is 0 Å². The Balaban J connectivity index is 1.99. The minimum absolute atomic E-state index is 0.590. The Kier molecular flexibility index (Phi) is 1.84. The number of nitrogens with one attached hydrogen (secondary N) is 1. The Bertz CT molecular complexity index is 442. The van der Waals surface area contributed by atoms with E-state index in [0.29, 0.717) is 5.71 Å². The van der Waals surface area contributed by atoms with Crippen molar-refractivity contribution in [2.45, 2.75) is 12.8 Å². The molecule has 3 heteroatoms. The molecule has 2 aliphatic rings. The van der Waals surface area contributed by atoms with Gasteiger partial charge >= 0.3 is 0 Å². The zero-order valence-corrected chi connectivity index (χ0v) is 8.53. The minimum atomic E-state index is 0.590. The molecular formula is C12H13N3. The van der Waals surface area contributed by atoms with Crippen LogP contribution in [0.15, 0.2) is 29.3 Å². The Morgan fingerprint density at radius 3 is 2.60 bits per heavy atom. The summed E-state index contributed by atoms with van der Waals surface area (Å²) in [5, 5.41) is 8.08. The Hall–Kier alpha value is -1.64. The van der Waals surface area contributed by atoms with Gasteiger partial charge in [0.1, 0.15) is 5.71 Å². The van der Waals surface area contributed by atoms with Crippen LogP contribution in [0.25, 0.3) is 0 Å². The molecule has 2 heterocycles. The first kappa shape index (κ1) is 8.65. The van der Waals surface area contributed by atoms with Crippen molar-refractivity contribution in [1.29, 1.82) is 5.41 Å². The van der Waals surface area contributed by atoms with Gasteiger partial charge in [0.15, 0.2) is 5.84 Å². The first-order chi connectivity index (χ1) is 7.36. The van der Waals surface area contributed by atoms with E-state index in [4.69, 9.17) is 5.41 Å². The number of hydrogen-bond donors (Lipinski definition) is 1. The van der Waals surface area contributed by atoms with E-state index < -0.39 is 0 Å². The standard InChI is InChI=1S/C12H13N3/c13-11-9-5-1-2-6-10(9)14-12(11)15-7-3-4-8-15/h1-2,5-6,13H,3-4,7-8H2. The molecule has 0 aromatic heterocycles. The van der Waals surface area contributed by atoms with E-state index in [1.54, 1.807) is 0 Å². The van der Waals surface area contributed by atoms with Crippen molar-refractivity contribution in [2.75, 3.05) is 13.1 Å². The summed E-state index contributed by atoms with van der Waals surface area (Å²) in [5.41, 5.74) is 2.51. The molecule has 15 heavy (non-hydrogen) atoms. The number of aliphatic imine (C=N–C) groups is 1. The van der Waals surface area contributed by atoms with Gasteiger partial charge < -0.3 is 4.90 Å². The number of para-hydroxylation sites is 1. The second kappa shape index (κ2) is 3.19. The third kappa shape index (κ3) is 1.27. The van der Waals surface area contributed by atoms with Gasteiger partial charge in [-0.05, 0) is 18.9 Å². The fourth-order valence-corrected chi connectivity index (χ4v) is 2.23. The maximum Gasteiger partial charge on any atom is 0.155 e. The highest BCUT2D eigenvalue weighted by atomic mass is 15.2. The van der Waals surface area contributed by atoms with Crippen LogP contribution in [0.4, 0.5) is 5.69 Å². The normalized spacial score (nSPS) is 19.3. The van der Waals surface area contributed by atoms with E-state index in [9.17, 15) is 0 Å². The van der Waals surface area contributed by atoms with E-state index >= 15 is 0 Å². The van der Waals surface area contributed by atoms with Crippen LogP contribution in [0.1, 0.15) is 18.4 Å². The van der Waals surface area contributed by atoms with Crippen LogP contribution >= 0.6 is 0 Å².